The summed E-state index contributed by atoms with van der Waals surface area (Å²) in [7, 11) is 1.06. The summed E-state index contributed by atoms with van der Waals surface area (Å²) in [5.41, 5.74) is 12.3. The molecule has 0 amide bonds. The fraction of sp³-hybridized carbons (Fsp3) is 0.105. The largest absolute Gasteiger partial charge is 0.398 e. The van der Waals surface area contributed by atoms with Crippen LogP contribution in [-0.2, 0) is 0 Å². The van der Waals surface area contributed by atoms with Crippen LogP contribution in [0.1, 0.15) is 24.0 Å². The normalized spacial score (nSPS) is 15.6. The van der Waals surface area contributed by atoms with Crippen LogP contribution in [0.4, 0.5) is 0 Å². The van der Waals surface area contributed by atoms with Crippen molar-refractivity contribution in [3.05, 3.63) is 82.8 Å². The molecular formula is C19H18NP. The van der Waals surface area contributed by atoms with Crippen LogP contribution in [0.2, 0.25) is 0 Å². The second-order valence-corrected chi connectivity index (χ2v) is 5.96. The summed E-state index contributed by atoms with van der Waals surface area (Å²) in [5.74, 6) is 0. The van der Waals surface area contributed by atoms with E-state index < -0.39 is 0 Å². The fourth-order valence-electron chi connectivity index (χ4n) is 2.83. The van der Waals surface area contributed by atoms with Gasteiger partial charge in [0.25, 0.3) is 0 Å². The van der Waals surface area contributed by atoms with E-state index in [-0.39, 0.29) is 0 Å². The minimum atomic E-state index is 0.907. The molecule has 0 saturated heterocycles. The quantitative estimate of drug-likeness (QED) is 0.796. The molecule has 21 heavy (non-hydrogen) atoms. The number of nitrogens with two attached hydrogens (primary N) is 1. The molecule has 104 valence electrons. The van der Waals surface area contributed by atoms with E-state index in [4.69, 9.17) is 5.73 Å². The summed E-state index contributed by atoms with van der Waals surface area (Å²) >= 11 is 0. The Bertz CT molecular complexity index is 712. The van der Waals surface area contributed by atoms with Gasteiger partial charge in [-0.25, -0.2) is 0 Å². The van der Waals surface area contributed by atoms with Gasteiger partial charge in [-0.2, -0.15) is 0 Å². The van der Waals surface area contributed by atoms with Gasteiger partial charge in [0.2, 0.25) is 0 Å². The third-order valence-corrected chi connectivity index (χ3v) is 4.70. The third-order valence-electron chi connectivity index (χ3n) is 3.87. The molecule has 0 atom stereocenters. The molecule has 0 spiro atoms. The molecule has 2 aromatic rings. The lowest BCUT2D eigenvalue weighted by Gasteiger charge is -2.23. The third kappa shape index (κ3) is 2.70. The first-order chi connectivity index (χ1) is 10.3. The van der Waals surface area contributed by atoms with Crippen molar-refractivity contribution < 1.29 is 0 Å². The van der Waals surface area contributed by atoms with Gasteiger partial charge in [0.1, 0.15) is 0 Å². The molecule has 0 heterocycles. The average molecular weight is 291 g/mol. The molecular weight excluding hydrogens is 273 g/mol. The van der Waals surface area contributed by atoms with Crippen molar-refractivity contribution in [3.8, 4) is 0 Å². The van der Waals surface area contributed by atoms with Gasteiger partial charge in [-0.05, 0) is 34.9 Å². The van der Waals surface area contributed by atoms with Crippen LogP contribution in [0.3, 0.4) is 0 Å². The van der Waals surface area contributed by atoms with E-state index in [0.29, 0.717) is 0 Å². The Labute approximate surface area is 127 Å². The molecule has 2 aromatic carbocycles. The molecule has 0 aliphatic heterocycles. The Morgan fingerprint density at radius 2 is 1.38 bits per heavy atom. The Morgan fingerprint density at radius 1 is 0.810 bits per heavy atom. The van der Waals surface area contributed by atoms with Crippen molar-refractivity contribution in [2.75, 3.05) is 0 Å². The number of hydrogen-bond donors (Lipinski definition) is 1. The van der Waals surface area contributed by atoms with Crippen LogP contribution in [0.25, 0.3) is 11.1 Å². The number of rotatable bonds is 3. The van der Waals surface area contributed by atoms with Crippen molar-refractivity contribution >= 4 is 25.6 Å². The molecule has 0 saturated carbocycles. The maximum absolute atomic E-state index is 6.54. The summed E-state index contributed by atoms with van der Waals surface area (Å²) in [5, 5.41) is 1.33. The molecule has 0 unspecified atom stereocenters. The van der Waals surface area contributed by atoms with Gasteiger partial charge in [-0.15, -0.1) is 0 Å². The first-order valence-electron chi connectivity index (χ1n) is 7.11. The van der Waals surface area contributed by atoms with E-state index >= 15 is 0 Å². The molecule has 0 radical (unpaired) electrons. The molecule has 0 fully saturated rings. The summed E-state index contributed by atoms with van der Waals surface area (Å²) in [4.78, 5) is 0. The first kappa shape index (κ1) is 13.9. The van der Waals surface area contributed by atoms with Crippen LogP contribution in [-0.4, -0.2) is 6.30 Å². The minimum absolute atomic E-state index is 0.907. The SMILES string of the molecule is C=PC1=C(c2ccccc2)C(N)=C(c2ccccc2)CC1. The Balaban J connectivity index is 2.17. The highest BCUT2D eigenvalue weighted by atomic mass is 31.1. The predicted molar refractivity (Wildman–Crippen MR) is 94.2 cm³/mol. The average Bonchev–Trinajstić information content (AvgIpc) is 2.56. The van der Waals surface area contributed by atoms with E-state index in [9.17, 15) is 0 Å². The van der Waals surface area contributed by atoms with Gasteiger partial charge in [0, 0.05) is 11.3 Å². The van der Waals surface area contributed by atoms with Gasteiger partial charge >= 0.3 is 0 Å². The van der Waals surface area contributed by atoms with E-state index in [1.165, 1.54) is 27.6 Å². The van der Waals surface area contributed by atoms with E-state index in [0.717, 1.165) is 26.7 Å². The zero-order valence-electron chi connectivity index (χ0n) is 11.9. The predicted octanol–water partition coefficient (Wildman–Crippen LogP) is 4.94. The summed E-state index contributed by atoms with van der Waals surface area (Å²) in [6.45, 7) is 0. The van der Waals surface area contributed by atoms with Crippen molar-refractivity contribution in [1.82, 2.24) is 0 Å². The zero-order valence-corrected chi connectivity index (χ0v) is 12.8. The monoisotopic (exact) mass is 291 g/mol. The minimum Gasteiger partial charge on any atom is -0.398 e. The standard InChI is InChI=1S/C19H18NP/c1-21-17-13-12-16(14-8-4-2-5-9-14)19(20)18(17)15-10-6-3-7-11-15/h2-11H,1,12-13,20H2. The van der Waals surface area contributed by atoms with E-state index in [1.807, 2.05) is 12.1 Å². The maximum atomic E-state index is 6.54. The molecule has 1 aliphatic carbocycles. The van der Waals surface area contributed by atoms with E-state index in [2.05, 4.69) is 54.8 Å². The molecule has 1 aliphatic rings. The van der Waals surface area contributed by atoms with Crippen molar-refractivity contribution in [1.29, 1.82) is 0 Å². The number of hydrogen-bond acceptors (Lipinski definition) is 1. The lowest BCUT2D eigenvalue weighted by molar-refractivity contribution is 1.02. The van der Waals surface area contributed by atoms with Crippen LogP contribution in [0.15, 0.2) is 71.7 Å². The van der Waals surface area contributed by atoms with E-state index in [1.54, 1.807) is 0 Å². The van der Waals surface area contributed by atoms with Crippen LogP contribution < -0.4 is 5.73 Å². The van der Waals surface area contributed by atoms with Crippen molar-refractivity contribution in [2.45, 2.75) is 12.8 Å². The highest BCUT2D eigenvalue weighted by Crippen LogP contribution is 2.42. The number of allylic oxidation sites excluding steroid dienone is 3. The van der Waals surface area contributed by atoms with Crippen molar-refractivity contribution in [2.24, 2.45) is 5.73 Å². The molecule has 2 heteroatoms. The summed E-state index contributed by atoms with van der Waals surface area (Å²) in [6, 6.07) is 20.9. The fourth-order valence-corrected chi connectivity index (χ4v) is 3.51. The second-order valence-electron chi connectivity index (χ2n) is 5.10. The molecule has 2 N–H and O–H groups in total. The second kappa shape index (κ2) is 6.11. The lowest BCUT2D eigenvalue weighted by atomic mass is 9.88. The lowest BCUT2D eigenvalue weighted by Crippen LogP contribution is -2.10. The highest BCUT2D eigenvalue weighted by Gasteiger charge is 2.20. The maximum Gasteiger partial charge on any atom is 0.0438 e. The molecule has 0 aromatic heterocycles. The number of benzene rings is 2. The summed E-state index contributed by atoms with van der Waals surface area (Å²) in [6.07, 6.45) is 6.07. The first-order valence-corrected chi connectivity index (χ1v) is 8.19. The van der Waals surface area contributed by atoms with Gasteiger partial charge in [-0.1, -0.05) is 75.2 Å². The molecule has 3 rings (SSSR count). The van der Waals surface area contributed by atoms with Crippen molar-refractivity contribution in [3.63, 3.8) is 0 Å². The van der Waals surface area contributed by atoms with Gasteiger partial charge in [0.05, 0.1) is 0 Å². The van der Waals surface area contributed by atoms with Crippen LogP contribution in [0.5, 0.6) is 0 Å². The van der Waals surface area contributed by atoms with Crippen LogP contribution >= 0.6 is 8.20 Å². The van der Waals surface area contributed by atoms with Gasteiger partial charge in [0.15, 0.2) is 0 Å². The Kier molecular flexibility index (Phi) is 4.03. The molecule has 0 bridgehead atoms. The Hall–Kier alpha value is -2.11. The smallest absolute Gasteiger partial charge is 0.0438 e. The summed E-state index contributed by atoms with van der Waals surface area (Å²) < 4.78 is 0. The topological polar surface area (TPSA) is 26.0 Å². The van der Waals surface area contributed by atoms with Crippen LogP contribution in [0, 0.1) is 0 Å². The highest BCUT2D eigenvalue weighted by molar-refractivity contribution is 7.42. The Morgan fingerprint density at radius 3 is 1.95 bits per heavy atom. The zero-order chi connectivity index (χ0) is 14.7. The van der Waals surface area contributed by atoms with Gasteiger partial charge < -0.3 is 5.73 Å². The van der Waals surface area contributed by atoms with Gasteiger partial charge in [-0.3, -0.25) is 0 Å². The molecule has 1 nitrogen and oxygen atoms in total.